The minimum absolute atomic E-state index is 0.187. The Bertz CT molecular complexity index is 387. The van der Waals surface area contributed by atoms with E-state index in [1.54, 1.807) is 12.1 Å². The maximum atomic E-state index is 14.0. The molecule has 1 aromatic rings. The zero-order valence-electron chi connectivity index (χ0n) is 9.98. The normalized spacial score (nSPS) is 20.2. The molecular formula is C14H17F3. The van der Waals surface area contributed by atoms with E-state index in [1.807, 2.05) is 0 Å². The smallest absolute Gasteiger partial charge is 0.207 e. The van der Waals surface area contributed by atoms with Crippen LogP contribution in [0, 0.1) is 5.82 Å². The highest BCUT2D eigenvalue weighted by atomic mass is 19.3. The van der Waals surface area contributed by atoms with Gasteiger partial charge in [0.15, 0.2) is 0 Å². The molecule has 0 bridgehead atoms. The van der Waals surface area contributed by atoms with Gasteiger partial charge in [-0.1, -0.05) is 37.5 Å². The van der Waals surface area contributed by atoms with Crippen LogP contribution in [0.2, 0.25) is 0 Å². The van der Waals surface area contributed by atoms with Crippen LogP contribution in [-0.4, -0.2) is 5.92 Å². The summed E-state index contributed by atoms with van der Waals surface area (Å²) in [6.45, 7) is 0.921. The molecule has 0 spiro atoms. The Hall–Kier alpha value is -0.990. The van der Waals surface area contributed by atoms with E-state index in [0.29, 0.717) is 12.8 Å². The molecule has 1 aromatic carbocycles. The molecule has 0 N–H and O–H groups in total. The van der Waals surface area contributed by atoms with E-state index < -0.39 is 17.2 Å². The Balaban J connectivity index is 2.51. The van der Waals surface area contributed by atoms with Gasteiger partial charge in [0.05, 0.1) is 5.41 Å². The lowest BCUT2D eigenvalue weighted by Gasteiger charge is -2.42. The standard InChI is InChI=1S/C14H17F3/c1-13(16,17)14(9-5-2-6-10-14)11-7-3-4-8-12(11)15/h3-4,7-8H,2,5-6,9-10H2,1H3. The summed E-state index contributed by atoms with van der Waals surface area (Å²) in [6, 6.07) is 5.97. The first-order valence-electron chi connectivity index (χ1n) is 6.10. The van der Waals surface area contributed by atoms with Gasteiger partial charge in [-0.15, -0.1) is 0 Å². The van der Waals surface area contributed by atoms with E-state index in [4.69, 9.17) is 0 Å². The molecule has 0 unspecified atom stereocenters. The molecule has 1 aliphatic rings. The first kappa shape index (κ1) is 12.5. The number of benzene rings is 1. The average molecular weight is 242 g/mol. The maximum Gasteiger partial charge on any atom is 0.255 e. The zero-order chi connectivity index (χ0) is 12.5. The van der Waals surface area contributed by atoms with E-state index >= 15 is 0 Å². The second kappa shape index (κ2) is 4.35. The van der Waals surface area contributed by atoms with E-state index in [2.05, 4.69) is 0 Å². The topological polar surface area (TPSA) is 0 Å². The highest BCUT2D eigenvalue weighted by Crippen LogP contribution is 2.50. The molecule has 1 fully saturated rings. The molecule has 0 atom stereocenters. The first-order valence-corrected chi connectivity index (χ1v) is 6.10. The number of hydrogen-bond acceptors (Lipinski definition) is 0. The van der Waals surface area contributed by atoms with Crippen LogP contribution in [0.15, 0.2) is 24.3 Å². The van der Waals surface area contributed by atoms with Crippen LogP contribution in [0.1, 0.15) is 44.6 Å². The Labute approximate surface area is 99.8 Å². The van der Waals surface area contributed by atoms with Crippen molar-refractivity contribution >= 4 is 0 Å². The molecule has 1 saturated carbocycles. The van der Waals surface area contributed by atoms with Gasteiger partial charge in [-0.3, -0.25) is 0 Å². The maximum absolute atomic E-state index is 14.0. The molecule has 1 aliphatic carbocycles. The SMILES string of the molecule is CC(F)(F)C1(c2ccccc2F)CCCCC1. The van der Waals surface area contributed by atoms with Crippen molar-refractivity contribution in [2.45, 2.75) is 50.4 Å². The summed E-state index contributed by atoms with van der Waals surface area (Å²) in [5.41, 5.74) is -1.12. The zero-order valence-corrected chi connectivity index (χ0v) is 9.98. The Morgan fingerprint density at radius 1 is 1.06 bits per heavy atom. The van der Waals surface area contributed by atoms with Crippen LogP contribution in [0.5, 0.6) is 0 Å². The van der Waals surface area contributed by atoms with E-state index in [1.165, 1.54) is 12.1 Å². The lowest BCUT2D eigenvalue weighted by atomic mass is 9.65. The van der Waals surface area contributed by atoms with Gasteiger partial charge >= 0.3 is 0 Å². The van der Waals surface area contributed by atoms with Crippen molar-refractivity contribution in [2.24, 2.45) is 0 Å². The summed E-state index contributed by atoms with van der Waals surface area (Å²) in [5, 5.41) is 0. The number of alkyl halides is 2. The van der Waals surface area contributed by atoms with Crippen molar-refractivity contribution in [3.63, 3.8) is 0 Å². The van der Waals surface area contributed by atoms with E-state index in [0.717, 1.165) is 26.2 Å². The fourth-order valence-electron chi connectivity index (χ4n) is 2.95. The van der Waals surface area contributed by atoms with Gasteiger partial charge in [0, 0.05) is 6.92 Å². The molecule has 0 radical (unpaired) electrons. The van der Waals surface area contributed by atoms with Gasteiger partial charge in [0.25, 0.3) is 5.92 Å². The van der Waals surface area contributed by atoms with Gasteiger partial charge in [-0.2, -0.15) is 0 Å². The van der Waals surface area contributed by atoms with Gasteiger partial charge in [0.1, 0.15) is 5.82 Å². The molecule has 0 aliphatic heterocycles. The molecule has 94 valence electrons. The summed E-state index contributed by atoms with van der Waals surface area (Å²) in [5.74, 6) is -3.38. The Morgan fingerprint density at radius 3 is 2.18 bits per heavy atom. The van der Waals surface area contributed by atoms with Gasteiger partial charge < -0.3 is 0 Å². The summed E-state index contributed by atoms with van der Waals surface area (Å²) in [6.07, 6.45) is 3.21. The third-order valence-electron chi connectivity index (χ3n) is 3.94. The van der Waals surface area contributed by atoms with Crippen LogP contribution in [0.3, 0.4) is 0 Å². The number of rotatable bonds is 2. The van der Waals surface area contributed by atoms with Crippen LogP contribution in [-0.2, 0) is 5.41 Å². The number of hydrogen-bond donors (Lipinski definition) is 0. The quantitative estimate of drug-likeness (QED) is 0.706. The molecule has 17 heavy (non-hydrogen) atoms. The summed E-state index contributed by atoms with van der Waals surface area (Å²) in [7, 11) is 0. The second-order valence-electron chi connectivity index (χ2n) is 5.01. The van der Waals surface area contributed by atoms with Crippen molar-refractivity contribution in [1.82, 2.24) is 0 Å². The second-order valence-corrected chi connectivity index (χ2v) is 5.01. The lowest BCUT2D eigenvalue weighted by Crippen LogP contribution is -2.45. The van der Waals surface area contributed by atoms with Crippen molar-refractivity contribution in [1.29, 1.82) is 0 Å². The highest BCUT2D eigenvalue weighted by Gasteiger charge is 2.52. The molecule has 0 aromatic heterocycles. The molecule has 3 heteroatoms. The first-order chi connectivity index (χ1) is 7.97. The van der Waals surface area contributed by atoms with Crippen molar-refractivity contribution in [3.8, 4) is 0 Å². The predicted octanol–water partition coefficient (Wildman–Crippen LogP) is 4.68. The third kappa shape index (κ3) is 2.07. The fraction of sp³-hybridized carbons (Fsp3) is 0.571. The molecule has 2 rings (SSSR count). The Morgan fingerprint density at radius 2 is 1.65 bits per heavy atom. The molecule has 0 nitrogen and oxygen atoms in total. The predicted molar refractivity (Wildman–Crippen MR) is 61.8 cm³/mol. The van der Waals surface area contributed by atoms with Crippen molar-refractivity contribution < 1.29 is 13.2 Å². The van der Waals surface area contributed by atoms with Gasteiger partial charge in [0.2, 0.25) is 0 Å². The van der Waals surface area contributed by atoms with Gasteiger partial charge in [-0.05, 0) is 24.5 Å². The fourth-order valence-corrected chi connectivity index (χ4v) is 2.95. The Kier molecular flexibility index (Phi) is 3.19. The highest BCUT2D eigenvalue weighted by molar-refractivity contribution is 5.30. The van der Waals surface area contributed by atoms with Crippen LogP contribution in [0.25, 0.3) is 0 Å². The third-order valence-corrected chi connectivity index (χ3v) is 3.94. The van der Waals surface area contributed by atoms with Crippen LogP contribution in [0.4, 0.5) is 13.2 Å². The monoisotopic (exact) mass is 242 g/mol. The number of halogens is 3. The van der Waals surface area contributed by atoms with E-state index in [-0.39, 0.29) is 5.56 Å². The average Bonchev–Trinajstić information content (AvgIpc) is 2.29. The van der Waals surface area contributed by atoms with Crippen molar-refractivity contribution in [3.05, 3.63) is 35.6 Å². The molecular weight excluding hydrogens is 225 g/mol. The lowest BCUT2D eigenvalue weighted by molar-refractivity contribution is -0.0791. The largest absolute Gasteiger partial charge is 0.255 e. The van der Waals surface area contributed by atoms with Crippen LogP contribution >= 0.6 is 0 Å². The van der Waals surface area contributed by atoms with Gasteiger partial charge in [-0.25, -0.2) is 13.2 Å². The molecule has 0 saturated heterocycles. The van der Waals surface area contributed by atoms with Crippen molar-refractivity contribution in [2.75, 3.05) is 0 Å². The summed E-state index contributed by atoms with van der Waals surface area (Å²) >= 11 is 0. The minimum Gasteiger partial charge on any atom is -0.207 e. The summed E-state index contributed by atoms with van der Waals surface area (Å²) < 4.78 is 41.7. The molecule has 0 amide bonds. The van der Waals surface area contributed by atoms with E-state index in [9.17, 15) is 13.2 Å². The molecule has 0 heterocycles. The summed E-state index contributed by atoms with van der Waals surface area (Å²) in [4.78, 5) is 0. The van der Waals surface area contributed by atoms with Crippen LogP contribution < -0.4 is 0 Å². The minimum atomic E-state index is -2.88.